The Hall–Kier alpha value is -0.210. The number of aliphatic hydroxyl groups excluding tert-OH is 1. The smallest absolute Gasteiger partial charge is 0.780 e. The van der Waals surface area contributed by atoms with Gasteiger partial charge in [0, 0.05) is 22.3 Å². The van der Waals surface area contributed by atoms with Crippen LogP contribution in [-0.2, 0) is 22.2 Å². The molecule has 0 aliphatic heterocycles. The average molecular weight is 566 g/mol. The van der Waals surface area contributed by atoms with Crippen LogP contribution in [0.1, 0.15) is 48.5 Å². The molecule has 2 aromatic rings. The number of halogens is 1. The number of carbonyl (C=O) groups is 2. The van der Waals surface area contributed by atoms with Gasteiger partial charge in [0.05, 0.1) is 11.1 Å². The first-order chi connectivity index (χ1) is 14.8. The van der Waals surface area contributed by atoms with Crippen LogP contribution in [0.2, 0.25) is 0 Å². The van der Waals surface area contributed by atoms with Crippen molar-refractivity contribution < 1.29 is 44.3 Å². The van der Waals surface area contributed by atoms with Gasteiger partial charge >= 0.3 is 29.6 Å². The zero-order chi connectivity index (χ0) is 25.2. The molecule has 0 saturated heterocycles. The molecule has 0 heterocycles. The van der Waals surface area contributed by atoms with E-state index in [1.54, 1.807) is 18.7 Å². The first-order valence-electron chi connectivity index (χ1n) is 10.4. The maximum absolute atomic E-state index is 11.6. The number of benzene rings is 2. The maximum Gasteiger partial charge on any atom is 1.00 e. The largest absolute Gasteiger partial charge is 1.00 e. The Balaban J connectivity index is -0.000000406. The Labute approximate surface area is 241 Å². The molecule has 0 radical (unpaired) electrons. The van der Waals surface area contributed by atoms with Crippen molar-refractivity contribution in [3.63, 3.8) is 0 Å². The minimum atomic E-state index is -0.220. The Morgan fingerprint density at radius 3 is 1.45 bits per heavy atom. The van der Waals surface area contributed by atoms with Gasteiger partial charge in [0.2, 0.25) is 0 Å². The van der Waals surface area contributed by atoms with Crippen LogP contribution >= 0.6 is 27.7 Å². The molecule has 33 heavy (non-hydrogen) atoms. The number of Topliss-reactive ketones (excluding diaryl/α,β-unsaturated/α-hetero) is 2. The number of hydrogen-bond acceptors (Lipinski definition) is 5. The Bertz CT molecular complexity index is 744. The molecule has 0 aliphatic rings. The van der Waals surface area contributed by atoms with E-state index in [0.717, 1.165) is 9.79 Å². The molecular weight excluding hydrogens is 527 g/mol. The molecule has 0 spiro atoms. The molecular formula is C26H38BrNaO3S2. The predicted octanol–water partition coefficient (Wildman–Crippen LogP) is 3.99. The average Bonchev–Trinajstić information content (AvgIpc) is 2.73. The quantitative estimate of drug-likeness (QED) is 0.263. The van der Waals surface area contributed by atoms with Crippen LogP contribution in [0, 0.1) is 10.8 Å². The number of rotatable bonds is 4. The topological polar surface area (TPSA) is 54.4 Å². The van der Waals surface area contributed by atoms with Crippen molar-refractivity contribution in [3.05, 3.63) is 60.7 Å². The zero-order valence-electron chi connectivity index (χ0n) is 21.4. The van der Waals surface area contributed by atoms with Crippen molar-refractivity contribution in [2.75, 3.05) is 17.7 Å². The molecule has 0 saturated carbocycles. The van der Waals surface area contributed by atoms with Crippen LogP contribution in [0.3, 0.4) is 0 Å². The molecule has 0 unspecified atom stereocenters. The van der Waals surface area contributed by atoms with Crippen LogP contribution in [-0.4, -0.2) is 34.4 Å². The molecule has 0 atom stereocenters. The van der Waals surface area contributed by atoms with Gasteiger partial charge in [0.1, 0.15) is 11.6 Å². The van der Waals surface area contributed by atoms with Crippen molar-refractivity contribution >= 4 is 51.9 Å². The number of alkyl halides is 1. The number of hydrogen-bond donors (Lipinski definition) is 1. The third-order valence-electron chi connectivity index (χ3n) is 3.65. The van der Waals surface area contributed by atoms with Crippen LogP contribution in [0.5, 0.6) is 0 Å². The van der Waals surface area contributed by atoms with Crippen LogP contribution < -0.4 is 29.6 Å². The predicted molar refractivity (Wildman–Crippen MR) is 145 cm³/mol. The molecule has 1 N–H and O–H groups in total. The second-order valence-corrected chi connectivity index (χ2v) is 10.8. The summed E-state index contributed by atoms with van der Waals surface area (Å²) < 4.78 is 0. The fraction of sp³-hybridized carbons (Fsp3) is 0.462. The fourth-order valence-electron chi connectivity index (χ4n) is 1.50. The molecule has 2 rings (SSSR count). The van der Waals surface area contributed by atoms with Crippen molar-refractivity contribution in [2.24, 2.45) is 10.8 Å². The van der Waals surface area contributed by atoms with Gasteiger partial charge in [-0.15, -0.1) is 11.8 Å². The summed E-state index contributed by atoms with van der Waals surface area (Å²) in [6.45, 7) is 13.5. The maximum atomic E-state index is 11.6. The van der Waals surface area contributed by atoms with E-state index in [9.17, 15) is 9.59 Å². The van der Waals surface area contributed by atoms with Gasteiger partial charge in [0.25, 0.3) is 0 Å². The Morgan fingerprint density at radius 2 is 1.21 bits per heavy atom. The summed E-state index contributed by atoms with van der Waals surface area (Å²) in [7, 11) is 0. The van der Waals surface area contributed by atoms with E-state index in [1.165, 1.54) is 0 Å². The number of thioether (sulfide) groups is 1. The molecule has 7 heteroatoms. The van der Waals surface area contributed by atoms with Crippen molar-refractivity contribution in [2.45, 2.75) is 58.3 Å². The SMILES string of the molecule is CC(C)(C)C(=O)CBr.CC(C)(C)C(=O)CSc1ccccc1.CCO.[Na+].[S-]c1ccccc1. The minimum Gasteiger partial charge on any atom is -0.780 e. The third-order valence-corrected chi connectivity index (χ3v) is 5.44. The normalized spacial score (nSPS) is 9.97. The van der Waals surface area contributed by atoms with Gasteiger partial charge in [-0.25, -0.2) is 0 Å². The van der Waals surface area contributed by atoms with Crippen LogP contribution in [0.15, 0.2) is 70.5 Å². The van der Waals surface area contributed by atoms with Gasteiger partial charge in [-0.2, -0.15) is 4.90 Å². The van der Waals surface area contributed by atoms with Gasteiger partial charge in [-0.05, 0) is 19.1 Å². The molecule has 0 bridgehead atoms. The van der Waals surface area contributed by atoms with E-state index in [1.807, 2.05) is 102 Å². The van der Waals surface area contributed by atoms with Crippen molar-refractivity contribution in [1.82, 2.24) is 0 Å². The van der Waals surface area contributed by atoms with Crippen LogP contribution in [0.4, 0.5) is 0 Å². The molecule has 3 nitrogen and oxygen atoms in total. The number of aliphatic hydroxyl groups is 1. The summed E-state index contributed by atoms with van der Waals surface area (Å²) in [4.78, 5) is 24.5. The Kier molecular flexibility index (Phi) is 23.9. The molecule has 0 aromatic heterocycles. The number of ketones is 2. The first-order valence-corrected chi connectivity index (χ1v) is 12.9. The fourth-order valence-corrected chi connectivity index (χ4v) is 3.58. The molecule has 0 amide bonds. The summed E-state index contributed by atoms with van der Waals surface area (Å²) in [5.41, 5.74) is -0.398. The summed E-state index contributed by atoms with van der Waals surface area (Å²) in [6.07, 6.45) is 0. The standard InChI is InChI=1S/C12H16OS.C6H11BrO.C6H6S.C2H6O.Na/c1-12(2,3)11(13)9-14-10-7-5-4-6-8-10;1-6(2,3)5(8)4-7;7-6-4-2-1-3-5-6;1-2-3;/h4-8H,9H2,1-3H3;4H2,1-3H3;1-5,7H;3H,2H2,1H3;/q;;;;+1/p-1. The van der Waals surface area contributed by atoms with E-state index in [-0.39, 0.29) is 52.8 Å². The van der Waals surface area contributed by atoms with E-state index in [2.05, 4.69) is 15.9 Å². The van der Waals surface area contributed by atoms with Crippen LogP contribution in [0.25, 0.3) is 0 Å². The molecule has 180 valence electrons. The van der Waals surface area contributed by atoms with E-state index >= 15 is 0 Å². The van der Waals surface area contributed by atoms with E-state index in [4.69, 9.17) is 17.7 Å². The Morgan fingerprint density at radius 1 is 0.848 bits per heavy atom. The number of carbonyl (C=O) groups excluding carboxylic acids is 2. The summed E-state index contributed by atoms with van der Waals surface area (Å²) >= 11 is 9.52. The summed E-state index contributed by atoms with van der Waals surface area (Å²) in [6, 6.07) is 19.6. The van der Waals surface area contributed by atoms with Gasteiger partial charge in [0.15, 0.2) is 0 Å². The molecule has 2 aromatic carbocycles. The second kappa shape index (κ2) is 21.1. The zero-order valence-corrected chi connectivity index (χ0v) is 26.6. The summed E-state index contributed by atoms with van der Waals surface area (Å²) in [5, 5.41) is 8.04. The van der Waals surface area contributed by atoms with Crippen molar-refractivity contribution in [1.29, 1.82) is 0 Å². The minimum absolute atomic E-state index is 0. The van der Waals surface area contributed by atoms with Gasteiger partial charge in [-0.3, -0.25) is 9.59 Å². The molecule has 0 fully saturated rings. The van der Waals surface area contributed by atoms with Gasteiger partial charge in [-0.1, -0.05) is 106 Å². The monoisotopic (exact) mass is 564 g/mol. The van der Waals surface area contributed by atoms with Crippen molar-refractivity contribution in [3.8, 4) is 0 Å². The second-order valence-electron chi connectivity index (χ2n) is 8.71. The third kappa shape index (κ3) is 23.3. The first kappa shape index (κ1) is 37.3. The molecule has 0 aliphatic carbocycles. The van der Waals surface area contributed by atoms with Gasteiger partial charge < -0.3 is 17.7 Å². The van der Waals surface area contributed by atoms with E-state index < -0.39 is 0 Å². The van der Waals surface area contributed by atoms with E-state index in [0.29, 0.717) is 16.9 Å². The summed E-state index contributed by atoms with van der Waals surface area (Å²) in [5.74, 6) is 1.11.